The number of fused-ring (bicyclic) bond motifs is 1. The van der Waals surface area contributed by atoms with E-state index in [1.54, 1.807) is 0 Å². The summed E-state index contributed by atoms with van der Waals surface area (Å²) in [6.07, 6.45) is 9.41. The van der Waals surface area contributed by atoms with E-state index >= 15 is 0 Å². The van der Waals surface area contributed by atoms with Gasteiger partial charge in [0.2, 0.25) is 0 Å². The van der Waals surface area contributed by atoms with Gasteiger partial charge in [-0.15, -0.1) is 0 Å². The fraction of sp³-hybridized carbons (Fsp3) is 0.385. The van der Waals surface area contributed by atoms with E-state index in [0.29, 0.717) is 0 Å². The van der Waals surface area contributed by atoms with Gasteiger partial charge in [0.1, 0.15) is 0 Å². The standard InChI is InChI=1S/C13H16/c1-2-5-11-8-9-12-6-3-4-7-13(12)10-11/h3,6,8-10H,2,4-5,7H2,1H3. The van der Waals surface area contributed by atoms with Gasteiger partial charge >= 0.3 is 0 Å². The van der Waals surface area contributed by atoms with Crippen molar-refractivity contribution < 1.29 is 0 Å². The summed E-state index contributed by atoms with van der Waals surface area (Å²) in [5.74, 6) is 0. The number of benzene rings is 1. The molecule has 0 radical (unpaired) electrons. The van der Waals surface area contributed by atoms with Gasteiger partial charge in [-0.2, -0.15) is 0 Å². The van der Waals surface area contributed by atoms with E-state index in [0.717, 1.165) is 0 Å². The molecule has 0 heteroatoms. The summed E-state index contributed by atoms with van der Waals surface area (Å²) in [7, 11) is 0. The Hall–Kier alpha value is -1.04. The number of rotatable bonds is 2. The topological polar surface area (TPSA) is 0 Å². The highest BCUT2D eigenvalue weighted by Crippen LogP contribution is 2.20. The van der Waals surface area contributed by atoms with Crippen molar-refractivity contribution in [1.82, 2.24) is 0 Å². The summed E-state index contributed by atoms with van der Waals surface area (Å²) >= 11 is 0. The largest absolute Gasteiger partial charge is 0.0836 e. The summed E-state index contributed by atoms with van der Waals surface area (Å²) in [6, 6.07) is 6.90. The molecule has 0 atom stereocenters. The van der Waals surface area contributed by atoms with Crippen molar-refractivity contribution in [3.8, 4) is 0 Å². The Balaban J connectivity index is 2.31. The third-order valence-corrected chi connectivity index (χ3v) is 2.62. The van der Waals surface area contributed by atoms with Gasteiger partial charge in [0.25, 0.3) is 0 Å². The van der Waals surface area contributed by atoms with E-state index in [4.69, 9.17) is 0 Å². The number of allylic oxidation sites excluding steroid dienone is 1. The Morgan fingerprint density at radius 2 is 2.23 bits per heavy atom. The lowest BCUT2D eigenvalue weighted by atomic mass is 9.94. The van der Waals surface area contributed by atoms with Crippen LogP contribution in [0.15, 0.2) is 24.3 Å². The van der Waals surface area contributed by atoms with Crippen LogP contribution in [0.2, 0.25) is 0 Å². The van der Waals surface area contributed by atoms with Gasteiger partial charge in [0.05, 0.1) is 0 Å². The van der Waals surface area contributed by atoms with E-state index in [9.17, 15) is 0 Å². The third kappa shape index (κ3) is 1.82. The second-order valence-corrected chi connectivity index (χ2v) is 3.72. The molecule has 0 N–H and O–H groups in total. The normalized spacial score (nSPS) is 14.2. The maximum Gasteiger partial charge on any atom is -0.0227 e. The van der Waals surface area contributed by atoms with Crippen LogP contribution in [-0.4, -0.2) is 0 Å². The molecule has 1 aliphatic rings. The highest BCUT2D eigenvalue weighted by atomic mass is 14.1. The van der Waals surface area contributed by atoms with Crippen molar-refractivity contribution in [2.24, 2.45) is 0 Å². The Bertz CT molecular complexity index is 321. The van der Waals surface area contributed by atoms with Gasteiger partial charge in [-0.25, -0.2) is 0 Å². The molecule has 0 bridgehead atoms. The van der Waals surface area contributed by atoms with Crippen LogP contribution in [0.1, 0.15) is 36.5 Å². The van der Waals surface area contributed by atoms with Crippen LogP contribution >= 0.6 is 0 Å². The van der Waals surface area contributed by atoms with Crippen LogP contribution < -0.4 is 0 Å². The number of hydrogen-bond donors (Lipinski definition) is 0. The zero-order chi connectivity index (χ0) is 9.10. The average molecular weight is 172 g/mol. The molecule has 68 valence electrons. The minimum atomic E-state index is 1.21. The molecule has 1 aromatic carbocycles. The zero-order valence-corrected chi connectivity index (χ0v) is 8.22. The fourth-order valence-electron chi connectivity index (χ4n) is 1.93. The lowest BCUT2D eigenvalue weighted by molar-refractivity contribution is 0.909. The highest BCUT2D eigenvalue weighted by molar-refractivity contribution is 5.56. The first-order valence-electron chi connectivity index (χ1n) is 5.18. The molecule has 0 fully saturated rings. The zero-order valence-electron chi connectivity index (χ0n) is 8.22. The Kier molecular flexibility index (Phi) is 2.49. The smallest absolute Gasteiger partial charge is 0.0227 e. The summed E-state index contributed by atoms with van der Waals surface area (Å²) in [5.41, 5.74) is 4.45. The van der Waals surface area contributed by atoms with Crippen LogP contribution in [0.3, 0.4) is 0 Å². The van der Waals surface area contributed by atoms with Gasteiger partial charge in [-0.3, -0.25) is 0 Å². The minimum Gasteiger partial charge on any atom is -0.0836 e. The molecule has 1 aliphatic carbocycles. The first-order chi connectivity index (χ1) is 6.40. The van der Waals surface area contributed by atoms with E-state index in [2.05, 4.69) is 37.3 Å². The van der Waals surface area contributed by atoms with Gasteiger partial charge in [-0.1, -0.05) is 43.7 Å². The Morgan fingerprint density at radius 3 is 3.08 bits per heavy atom. The van der Waals surface area contributed by atoms with E-state index in [-0.39, 0.29) is 0 Å². The summed E-state index contributed by atoms with van der Waals surface area (Å²) < 4.78 is 0. The molecule has 13 heavy (non-hydrogen) atoms. The van der Waals surface area contributed by atoms with Crippen molar-refractivity contribution in [2.75, 3.05) is 0 Å². The van der Waals surface area contributed by atoms with Gasteiger partial charge < -0.3 is 0 Å². The van der Waals surface area contributed by atoms with Crippen molar-refractivity contribution >= 4 is 6.08 Å². The Labute approximate surface area is 80.3 Å². The molecule has 0 saturated heterocycles. The highest BCUT2D eigenvalue weighted by Gasteiger charge is 2.04. The van der Waals surface area contributed by atoms with Crippen molar-refractivity contribution in [3.05, 3.63) is 41.0 Å². The lowest BCUT2D eigenvalue weighted by Crippen LogP contribution is -1.95. The first-order valence-corrected chi connectivity index (χ1v) is 5.18. The second-order valence-electron chi connectivity index (χ2n) is 3.72. The SMILES string of the molecule is CCCc1ccc2c(c1)CCC=C2. The van der Waals surface area contributed by atoms with Gasteiger partial charge in [-0.05, 0) is 36.0 Å². The molecule has 0 heterocycles. The van der Waals surface area contributed by atoms with Crippen molar-refractivity contribution in [1.29, 1.82) is 0 Å². The fourth-order valence-corrected chi connectivity index (χ4v) is 1.93. The molecular weight excluding hydrogens is 156 g/mol. The quantitative estimate of drug-likeness (QED) is 0.639. The predicted molar refractivity (Wildman–Crippen MR) is 57.8 cm³/mol. The molecule has 2 rings (SSSR count). The van der Waals surface area contributed by atoms with Crippen LogP contribution in [0, 0.1) is 0 Å². The van der Waals surface area contributed by atoms with Gasteiger partial charge in [0.15, 0.2) is 0 Å². The van der Waals surface area contributed by atoms with Crippen LogP contribution in [0.4, 0.5) is 0 Å². The van der Waals surface area contributed by atoms with Crippen molar-refractivity contribution in [2.45, 2.75) is 32.6 Å². The maximum absolute atomic E-state index is 2.38. The molecule has 0 spiro atoms. The second kappa shape index (κ2) is 3.78. The van der Waals surface area contributed by atoms with Gasteiger partial charge in [0, 0.05) is 0 Å². The molecule has 0 aromatic heterocycles. The lowest BCUT2D eigenvalue weighted by Gasteiger charge is -2.11. The predicted octanol–water partition coefficient (Wildman–Crippen LogP) is 3.60. The summed E-state index contributed by atoms with van der Waals surface area (Å²) in [6.45, 7) is 2.24. The molecule has 0 aliphatic heterocycles. The monoisotopic (exact) mass is 172 g/mol. The Morgan fingerprint density at radius 1 is 1.31 bits per heavy atom. The van der Waals surface area contributed by atoms with E-state index < -0.39 is 0 Å². The van der Waals surface area contributed by atoms with E-state index in [1.807, 2.05) is 0 Å². The summed E-state index contributed by atoms with van der Waals surface area (Å²) in [4.78, 5) is 0. The molecule has 0 nitrogen and oxygen atoms in total. The van der Waals surface area contributed by atoms with Crippen molar-refractivity contribution in [3.63, 3.8) is 0 Å². The average Bonchev–Trinajstić information content (AvgIpc) is 2.18. The molecule has 0 unspecified atom stereocenters. The van der Waals surface area contributed by atoms with E-state index in [1.165, 1.54) is 42.4 Å². The summed E-state index contributed by atoms with van der Waals surface area (Å²) in [5, 5.41) is 0. The maximum atomic E-state index is 2.38. The van der Waals surface area contributed by atoms with Crippen LogP contribution in [0.25, 0.3) is 6.08 Å². The molecule has 1 aromatic rings. The number of aryl methyl sites for hydroxylation is 2. The molecule has 0 saturated carbocycles. The van der Waals surface area contributed by atoms with Crippen LogP contribution in [0.5, 0.6) is 0 Å². The number of hydrogen-bond acceptors (Lipinski definition) is 0. The molecule has 0 amide bonds. The molecular formula is C13H16. The third-order valence-electron chi connectivity index (χ3n) is 2.62. The van der Waals surface area contributed by atoms with Crippen LogP contribution in [-0.2, 0) is 12.8 Å². The minimum absolute atomic E-state index is 1.21. The first kappa shape index (κ1) is 8.55.